The Morgan fingerprint density at radius 2 is 1.94 bits per heavy atom. The van der Waals surface area contributed by atoms with Crippen molar-refractivity contribution in [1.29, 1.82) is 0 Å². The van der Waals surface area contributed by atoms with Gasteiger partial charge in [-0.1, -0.05) is 19.9 Å². The lowest BCUT2D eigenvalue weighted by Gasteiger charge is -2.09. The lowest BCUT2D eigenvalue weighted by atomic mass is 10.1. The normalized spacial score (nSPS) is 13.1. The predicted molar refractivity (Wildman–Crippen MR) is 124 cm³/mol. The molecule has 1 aliphatic rings. The first-order chi connectivity index (χ1) is 15.7. The average Bonchev–Trinajstić information content (AvgIpc) is 2.99. The molecule has 1 aromatic carbocycles. The molecule has 0 unspecified atom stereocenters. The molecule has 5 rings (SSSR count). The van der Waals surface area contributed by atoms with Crippen LogP contribution < -0.4 is 15.6 Å². The Morgan fingerprint density at radius 3 is 2.72 bits per heavy atom. The number of benzene rings is 1. The number of aromatic nitrogens is 3. The van der Waals surface area contributed by atoms with Gasteiger partial charge in [0.05, 0.1) is 17.6 Å². The van der Waals surface area contributed by atoms with Gasteiger partial charge < -0.3 is 15.0 Å². The van der Waals surface area contributed by atoms with Crippen molar-refractivity contribution in [3.63, 3.8) is 0 Å². The van der Waals surface area contributed by atoms with Crippen molar-refractivity contribution in [3.05, 3.63) is 88.0 Å². The number of hydrogen-bond acceptors (Lipinski definition) is 4. The quantitative estimate of drug-likeness (QED) is 0.506. The molecule has 32 heavy (non-hydrogen) atoms. The standard InChI is InChI=1S/C23H21FN4O2.C2H6/c24-15-1-2-16(26-13-15)14-30-18-7-10-28(23(29)12-18)17-3-4-19-20-5-8-25-9-6-21(20)27-22(19)11-17;1-2/h1-4,7,10-13,25,27H,5-6,8-9,14H2;1-2H3. The molecule has 0 amide bonds. The van der Waals surface area contributed by atoms with Crippen LogP contribution in [0.5, 0.6) is 5.75 Å². The molecule has 0 radical (unpaired) electrons. The fourth-order valence-corrected chi connectivity index (χ4v) is 3.91. The van der Waals surface area contributed by atoms with Crippen molar-refractivity contribution in [3.8, 4) is 11.4 Å². The van der Waals surface area contributed by atoms with Crippen LogP contribution >= 0.6 is 0 Å². The molecular formula is C25H27FN4O2. The van der Waals surface area contributed by atoms with Crippen molar-refractivity contribution < 1.29 is 9.13 Å². The summed E-state index contributed by atoms with van der Waals surface area (Å²) in [5.41, 5.74) is 4.90. The summed E-state index contributed by atoms with van der Waals surface area (Å²) in [6.07, 6.45) is 4.83. The van der Waals surface area contributed by atoms with E-state index in [0.29, 0.717) is 11.4 Å². The summed E-state index contributed by atoms with van der Waals surface area (Å²) in [5.74, 6) is 0.0519. The number of hydrogen-bond donors (Lipinski definition) is 2. The average molecular weight is 435 g/mol. The summed E-state index contributed by atoms with van der Waals surface area (Å²) in [6.45, 7) is 6.12. The zero-order valence-electron chi connectivity index (χ0n) is 18.3. The van der Waals surface area contributed by atoms with E-state index in [-0.39, 0.29) is 12.2 Å². The zero-order chi connectivity index (χ0) is 22.5. The molecule has 7 heteroatoms. The molecule has 0 saturated carbocycles. The van der Waals surface area contributed by atoms with Crippen LogP contribution in [-0.2, 0) is 19.4 Å². The lowest BCUT2D eigenvalue weighted by molar-refractivity contribution is 0.300. The maximum atomic E-state index is 12.9. The predicted octanol–water partition coefficient (Wildman–Crippen LogP) is 4.15. The lowest BCUT2D eigenvalue weighted by Crippen LogP contribution is -2.17. The van der Waals surface area contributed by atoms with Crippen molar-refractivity contribution in [2.24, 2.45) is 0 Å². The number of ether oxygens (including phenoxy) is 1. The van der Waals surface area contributed by atoms with Gasteiger partial charge in [-0.05, 0) is 48.9 Å². The van der Waals surface area contributed by atoms with E-state index in [0.717, 1.165) is 43.3 Å². The number of nitrogens with zero attached hydrogens (tertiary/aromatic N) is 2. The van der Waals surface area contributed by atoms with Crippen LogP contribution in [0, 0.1) is 5.82 Å². The van der Waals surface area contributed by atoms with Gasteiger partial charge in [-0.25, -0.2) is 4.39 Å². The third-order valence-electron chi connectivity index (χ3n) is 5.43. The molecular weight excluding hydrogens is 407 g/mol. The Labute approximate surface area is 186 Å². The summed E-state index contributed by atoms with van der Waals surface area (Å²) in [6, 6.07) is 12.1. The number of aromatic amines is 1. The second-order valence-corrected chi connectivity index (χ2v) is 7.39. The van der Waals surface area contributed by atoms with Gasteiger partial charge in [0.1, 0.15) is 18.2 Å². The van der Waals surface area contributed by atoms with E-state index in [2.05, 4.69) is 21.4 Å². The molecule has 0 aliphatic carbocycles. The molecule has 0 saturated heterocycles. The highest BCUT2D eigenvalue weighted by atomic mass is 19.1. The Balaban J connectivity index is 0.00000119. The van der Waals surface area contributed by atoms with Crippen LogP contribution in [0.1, 0.15) is 30.8 Å². The van der Waals surface area contributed by atoms with E-state index in [1.165, 1.54) is 28.8 Å². The maximum Gasteiger partial charge on any atom is 0.258 e. The number of nitrogens with one attached hydrogen (secondary N) is 2. The number of halogens is 1. The van der Waals surface area contributed by atoms with Gasteiger partial charge in [0.25, 0.3) is 5.56 Å². The van der Waals surface area contributed by atoms with Crippen LogP contribution in [-0.4, -0.2) is 27.6 Å². The topological polar surface area (TPSA) is 71.9 Å². The largest absolute Gasteiger partial charge is 0.487 e. The summed E-state index contributed by atoms with van der Waals surface area (Å²) in [4.78, 5) is 20.1. The number of rotatable bonds is 4. The van der Waals surface area contributed by atoms with Crippen LogP contribution in [0.4, 0.5) is 4.39 Å². The zero-order valence-corrected chi connectivity index (χ0v) is 18.3. The molecule has 0 spiro atoms. The van der Waals surface area contributed by atoms with Crippen molar-refractivity contribution >= 4 is 10.9 Å². The molecule has 6 nitrogen and oxygen atoms in total. The van der Waals surface area contributed by atoms with E-state index >= 15 is 0 Å². The summed E-state index contributed by atoms with van der Waals surface area (Å²) in [5, 5.41) is 4.64. The molecule has 4 aromatic rings. The highest BCUT2D eigenvalue weighted by Crippen LogP contribution is 2.26. The van der Waals surface area contributed by atoms with Crippen LogP contribution in [0.25, 0.3) is 16.6 Å². The van der Waals surface area contributed by atoms with Crippen LogP contribution in [0.3, 0.4) is 0 Å². The van der Waals surface area contributed by atoms with Crippen LogP contribution in [0.15, 0.2) is 59.7 Å². The molecule has 0 bridgehead atoms. The smallest absolute Gasteiger partial charge is 0.258 e. The van der Waals surface area contributed by atoms with Crippen LogP contribution in [0.2, 0.25) is 0 Å². The maximum absolute atomic E-state index is 12.9. The molecule has 166 valence electrons. The molecule has 1 aliphatic heterocycles. The summed E-state index contributed by atoms with van der Waals surface area (Å²) >= 11 is 0. The second-order valence-electron chi connectivity index (χ2n) is 7.39. The van der Waals surface area contributed by atoms with Gasteiger partial charge in [-0.2, -0.15) is 0 Å². The second kappa shape index (κ2) is 9.78. The van der Waals surface area contributed by atoms with E-state index < -0.39 is 5.82 Å². The Bertz CT molecular complexity index is 1260. The first kappa shape index (κ1) is 21.8. The molecule has 2 N–H and O–H groups in total. The molecule has 3 aromatic heterocycles. The van der Waals surface area contributed by atoms with Gasteiger partial charge in [-0.15, -0.1) is 0 Å². The third kappa shape index (κ3) is 4.57. The Kier molecular flexibility index (Phi) is 6.66. The van der Waals surface area contributed by atoms with E-state index in [4.69, 9.17) is 4.74 Å². The molecule has 0 fully saturated rings. The third-order valence-corrected chi connectivity index (χ3v) is 5.43. The van der Waals surface area contributed by atoms with E-state index in [9.17, 15) is 9.18 Å². The highest BCUT2D eigenvalue weighted by molar-refractivity contribution is 5.86. The van der Waals surface area contributed by atoms with E-state index in [1.54, 1.807) is 22.9 Å². The van der Waals surface area contributed by atoms with E-state index in [1.807, 2.05) is 26.0 Å². The Morgan fingerprint density at radius 1 is 1.09 bits per heavy atom. The minimum absolute atomic E-state index is 0.165. The number of pyridine rings is 2. The van der Waals surface area contributed by atoms with Gasteiger partial charge in [0, 0.05) is 41.8 Å². The monoisotopic (exact) mass is 434 g/mol. The minimum Gasteiger partial charge on any atom is -0.487 e. The number of H-pyrrole nitrogens is 1. The molecule has 4 heterocycles. The van der Waals surface area contributed by atoms with Crippen molar-refractivity contribution in [2.75, 3.05) is 13.1 Å². The SMILES string of the molecule is CC.O=c1cc(OCc2ccc(F)cn2)ccn1-c1ccc2c3c([nH]c2c1)CCNCC3. The van der Waals surface area contributed by atoms with Crippen molar-refractivity contribution in [2.45, 2.75) is 33.3 Å². The highest BCUT2D eigenvalue weighted by Gasteiger charge is 2.14. The fraction of sp³-hybridized carbons (Fsp3) is 0.280. The summed E-state index contributed by atoms with van der Waals surface area (Å²) < 4.78 is 20.2. The van der Waals surface area contributed by atoms with Crippen molar-refractivity contribution in [1.82, 2.24) is 19.9 Å². The Hall–Kier alpha value is -3.45. The van der Waals surface area contributed by atoms with Gasteiger partial charge >= 0.3 is 0 Å². The summed E-state index contributed by atoms with van der Waals surface area (Å²) in [7, 11) is 0. The first-order valence-corrected chi connectivity index (χ1v) is 11.0. The first-order valence-electron chi connectivity index (χ1n) is 11.0. The van der Waals surface area contributed by atoms with Gasteiger partial charge in [0.2, 0.25) is 0 Å². The van der Waals surface area contributed by atoms with Gasteiger partial charge in [-0.3, -0.25) is 14.3 Å². The number of fused-ring (bicyclic) bond motifs is 3. The van der Waals surface area contributed by atoms with Gasteiger partial charge in [0.15, 0.2) is 0 Å². The molecule has 0 atom stereocenters. The fourth-order valence-electron chi connectivity index (χ4n) is 3.91. The minimum atomic E-state index is -0.395.